The second-order valence-electron chi connectivity index (χ2n) is 5.70. The third-order valence-electron chi connectivity index (χ3n) is 3.93. The number of benzene rings is 1. The van der Waals surface area contributed by atoms with Crippen molar-refractivity contribution >= 4 is 17.7 Å². The number of amides is 1. The van der Waals surface area contributed by atoms with Gasteiger partial charge < -0.3 is 19.3 Å². The Bertz CT molecular complexity index is 725. The van der Waals surface area contributed by atoms with Crippen molar-refractivity contribution in [2.45, 2.75) is 32.6 Å². The lowest BCUT2D eigenvalue weighted by molar-refractivity contribution is -0.119. The van der Waals surface area contributed by atoms with Crippen LogP contribution in [0.2, 0.25) is 0 Å². The number of fused-ring (bicyclic) bond motifs is 1. The van der Waals surface area contributed by atoms with Crippen molar-refractivity contribution in [2.75, 3.05) is 12.5 Å². The third-order valence-corrected chi connectivity index (χ3v) is 4.89. The molecule has 7 heteroatoms. The van der Waals surface area contributed by atoms with E-state index < -0.39 is 0 Å². The molecular weight excluding hydrogens is 328 g/mol. The fourth-order valence-electron chi connectivity index (χ4n) is 2.50. The normalized spacial score (nSPS) is 13.8. The molecule has 3 rings (SSSR count). The molecule has 1 aliphatic heterocycles. The molecule has 2 heterocycles. The Kier molecular flexibility index (Phi) is 4.99. The summed E-state index contributed by atoms with van der Waals surface area (Å²) in [6.45, 7) is 6.00. The third kappa shape index (κ3) is 3.67. The Balaban J connectivity index is 1.49. The number of aryl methyl sites for hydroxylation is 2. The minimum Gasteiger partial charge on any atom is -0.454 e. The highest BCUT2D eigenvalue weighted by Crippen LogP contribution is 2.34. The van der Waals surface area contributed by atoms with E-state index in [1.807, 2.05) is 39.0 Å². The maximum Gasteiger partial charge on any atom is 0.231 e. The van der Waals surface area contributed by atoms with Crippen molar-refractivity contribution in [1.82, 2.24) is 10.5 Å². The second kappa shape index (κ2) is 7.17. The van der Waals surface area contributed by atoms with Gasteiger partial charge >= 0.3 is 0 Å². The Morgan fingerprint density at radius 3 is 2.88 bits per heavy atom. The van der Waals surface area contributed by atoms with Crippen molar-refractivity contribution in [3.63, 3.8) is 0 Å². The molecule has 0 bridgehead atoms. The van der Waals surface area contributed by atoms with E-state index in [4.69, 9.17) is 14.0 Å². The van der Waals surface area contributed by atoms with Gasteiger partial charge in [0.2, 0.25) is 12.7 Å². The van der Waals surface area contributed by atoms with E-state index in [9.17, 15) is 4.79 Å². The standard InChI is InChI=1S/C17H20N2O4S/c1-10(13-4-5-15-16(6-13)22-9-21-15)18-17(20)8-24-7-14-11(2)19-23-12(14)3/h4-6,10H,7-9H2,1-3H3,(H,18,20). The SMILES string of the molecule is Cc1noc(C)c1CSCC(=O)NC(C)c1ccc2c(c1)OCO2. The molecule has 0 saturated carbocycles. The van der Waals surface area contributed by atoms with Crippen LogP contribution < -0.4 is 14.8 Å². The quantitative estimate of drug-likeness (QED) is 0.864. The van der Waals surface area contributed by atoms with Crippen LogP contribution in [0.3, 0.4) is 0 Å². The summed E-state index contributed by atoms with van der Waals surface area (Å²) >= 11 is 1.55. The van der Waals surface area contributed by atoms with Crippen LogP contribution in [0.4, 0.5) is 0 Å². The number of hydrogen-bond donors (Lipinski definition) is 1. The lowest BCUT2D eigenvalue weighted by atomic mass is 10.1. The lowest BCUT2D eigenvalue weighted by Gasteiger charge is -2.14. The molecule has 6 nitrogen and oxygen atoms in total. The van der Waals surface area contributed by atoms with Gasteiger partial charge in [-0.1, -0.05) is 11.2 Å². The smallest absolute Gasteiger partial charge is 0.231 e. The highest BCUT2D eigenvalue weighted by molar-refractivity contribution is 7.99. The summed E-state index contributed by atoms with van der Waals surface area (Å²) in [5, 5.41) is 6.92. The van der Waals surface area contributed by atoms with Crippen LogP contribution in [-0.2, 0) is 10.5 Å². The minimum absolute atomic E-state index is 0.00285. The van der Waals surface area contributed by atoms with Crippen LogP contribution in [0.1, 0.15) is 35.5 Å². The van der Waals surface area contributed by atoms with Gasteiger partial charge in [-0.15, -0.1) is 11.8 Å². The fourth-order valence-corrected chi connectivity index (χ4v) is 3.49. The van der Waals surface area contributed by atoms with Gasteiger partial charge in [-0.2, -0.15) is 0 Å². The van der Waals surface area contributed by atoms with Gasteiger partial charge in [0.05, 0.1) is 17.5 Å². The average Bonchev–Trinajstić information content (AvgIpc) is 3.15. The van der Waals surface area contributed by atoms with E-state index in [1.165, 1.54) is 0 Å². The first-order chi connectivity index (χ1) is 11.5. The number of hydrogen-bond acceptors (Lipinski definition) is 6. The number of ether oxygens (including phenoxy) is 2. The monoisotopic (exact) mass is 348 g/mol. The van der Waals surface area contributed by atoms with E-state index in [0.29, 0.717) is 11.5 Å². The van der Waals surface area contributed by atoms with Crippen LogP contribution >= 0.6 is 11.8 Å². The van der Waals surface area contributed by atoms with Crippen LogP contribution in [0.25, 0.3) is 0 Å². The number of carbonyl (C=O) groups is 1. The van der Waals surface area contributed by atoms with Gasteiger partial charge in [0.15, 0.2) is 11.5 Å². The molecule has 0 spiro atoms. The molecule has 2 aromatic rings. The maximum absolute atomic E-state index is 12.1. The van der Waals surface area contributed by atoms with Gasteiger partial charge in [-0.05, 0) is 38.5 Å². The highest BCUT2D eigenvalue weighted by atomic mass is 32.2. The summed E-state index contributed by atoms with van der Waals surface area (Å²) in [6.07, 6.45) is 0. The predicted octanol–water partition coefficient (Wildman–Crippen LogP) is 3.13. The second-order valence-corrected chi connectivity index (χ2v) is 6.68. The van der Waals surface area contributed by atoms with Crippen LogP contribution in [0.15, 0.2) is 22.7 Å². The number of thioether (sulfide) groups is 1. The molecule has 1 aromatic carbocycles. The number of nitrogens with zero attached hydrogens (tertiary/aromatic N) is 1. The first kappa shape index (κ1) is 16.7. The Morgan fingerprint density at radius 2 is 2.12 bits per heavy atom. The summed E-state index contributed by atoms with van der Waals surface area (Å²) in [7, 11) is 0. The largest absolute Gasteiger partial charge is 0.454 e. The lowest BCUT2D eigenvalue weighted by Crippen LogP contribution is -2.28. The maximum atomic E-state index is 12.1. The zero-order valence-corrected chi connectivity index (χ0v) is 14.7. The van der Waals surface area contributed by atoms with Gasteiger partial charge in [0, 0.05) is 11.3 Å². The molecular formula is C17H20N2O4S. The van der Waals surface area contributed by atoms with Gasteiger partial charge in [-0.25, -0.2) is 0 Å². The van der Waals surface area contributed by atoms with Crippen molar-refractivity contribution in [2.24, 2.45) is 0 Å². The molecule has 0 fully saturated rings. The summed E-state index contributed by atoms with van der Waals surface area (Å²) in [4.78, 5) is 12.1. The molecule has 1 unspecified atom stereocenters. The van der Waals surface area contributed by atoms with E-state index in [2.05, 4.69) is 10.5 Å². The predicted molar refractivity (Wildman–Crippen MR) is 91.3 cm³/mol. The topological polar surface area (TPSA) is 73.6 Å². The van der Waals surface area contributed by atoms with Crippen molar-refractivity contribution in [3.05, 3.63) is 40.8 Å². The summed E-state index contributed by atoms with van der Waals surface area (Å²) in [5.74, 6) is 3.38. The number of rotatable bonds is 6. The molecule has 1 N–H and O–H groups in total. The fraction of sp³-hybridized carbons (Fsp3) is 0.412. The zero-order valence-electron chi connectivity index (χ0n) is 13.9. The van der Waals surface area contributed by atoms with Gasteiger partial charge in [0.1, 0.15) is 5.76 Å². The first-order valence-corrected chi connectivity index (χ1v) is 8.88. The Hall–Kier alpha value is -2.15. The Labute approximate surface area is 144 Å². The van der Waals surface area contributed by atoms with Crippen molar-refractivity contribution in [3.8, 4) is 11.5 Å². The van der Waals surface area contributed by atoms with E-state index in [-0.39, 0.29) is 18.7 Å². The van der Waals surface area contributed by atoms with Gasteiger partial charge in [0.25, 0.3) is 0 Å². The zero-order chi connectivity index (χ0) is 17.1. The average molecular weight is 348 g/mol. The van der Waals surface area contributed by atoms with E-state index in [0.717, 1.165) is 34.1 Å². The molecule has 128 valence electrons. The van der Waals surface area contributed by atoms with Crippen LogP contribution in [-0.4, -0.2) is 23.6 Å². The molecule has 24 heavy (non-hydrogen) atoms. The minimum atomic E-state index is -0.0911. The summed E-state index contributed by atoms with van der Waals surface area (Å²) in [5.41, 5.74) is 2.94. The van der Waals surface area contributed by atoms with Crippen molar-refractivity contribution < 1.29 is 18.8 Å². The molecule has 1 amide bonds. The molecule has 0 saturated heterocycles. The number of carbonyl (C=O) groups excluding carboxylic acids is 1. The number of aromatic nitrogens is 1. The van der Waals surface area contributed by atoms with E-state index >= 15 is 0 Å². The number of nitrogens with one attached hydrogen (secondary N) is 1. The van der Waals surface area contributed by atoms with Crippen LogP contribution in [0, 0.1) is 13.8 Å². The van der Waals surface area contributed by atoms with Gasteiger partial charge in [-0.3, -0.25) is 4.79 Å². The molecule has 0 aliphatic carbocycles. The molecule has 1 aliphatic rings. The summed E-state index contributed by atoms with van der Waals surface area (Å²) < 4.78 is 15.8. The Morgan fingerprint density at radius 1 is 1.33 bits per heavy atom. The summed E-state index contributed by atoms with van der Waals surface area (Å²) in [6, 6.07) is 5.62. The molecule has 1 atom stereocenters. The first-order valence-electron chi connectivity index (χ1n) is 7.73. The van der Waals surface area contributed by atoms with Crippen LogP contribution in [0.5, 0.6) is 11.5 Å². The van der Waals surface area contributed by atoms with E-state index in [1.54, 1.807) is 11.8 Å². The molecule has 1 aromatic heterocycles. The van der Waals surface area contributed by atoms with Crippen molar-refractivity contribution in [1.29, 1.82) is 0 Å². The highest BCUT2D eigenvalue weighted by Gasteiger charge is 2.17. The molecule has 0 radical (unpaired) electrons.